The van der Waals surface area contributed by atoms with Crippen LogP contribution < -0.4 is 10.1 Å². The standard InChI is InChI=1S/C20H25N3O2/c1-23-14-10-19(11-15-23)25-18-5-3-17(4-6-18)22-20(24)7-2-16-8-12-21-13-9-16/h3-6,8-9,12-13,19H,2,7,10-11,14-15H2,1H3,(H,22,24). The lowest BCUT2D eigenvalue weighted by molar-refractivity contribution is -0.116. The van der Waals surface area contributed by atoms with E-state index in [4.69, 9.17) is 4.74 Å². The van der Waals surface area contributed by atoms with E-state index in [0.29, 0.717) is 12.8 Å². The predicted molar refractivity (Wildman–Crippen MR) is 98.8 cm³/mol. The van der Waals surface area contributed by atoms with E-state index in [1.54, 1.807) is 12.4 Å². The molecule has 1 aliphatic heterocycles. The molecule has 0 spiro atoms. The number of nitrogens with zero attached hydrogens (tertiary/aromatic N) is 2. The fourth-order valence-electron chi connectivity index (χ4n) is 2.94. The number of benzene rings is 1. The molecular weight excluding hydrogens is 314 g/mol. The van der Waals surface area contributed by atoms with Crippen molar-refractivity contribution in [2.45, 2.75) is 31.8 Å². The van der Waals surface area contributed by atoms with Crippen LogP contribution in [0.3, 0.4) is 0 Å². The van der Waals surface area contributed by atoms with Gasteiger partial charge >= 0.3 is 0 Å². The summed E-state index contributed by atoms with van der Waals surface area (Å²) in [5, 5.41) is 2.93. The Bertz CT molecular complexity index is 665. The molecule has 0 radical (unpaired) electrons. The van der Waals surface area contributed by atoms with Crippen molar-refractivity contribution in [1.82, 2.24) is 9.88 Å². The highest BCUT2D eigenvalue weighted by molar-refractivity contribution is 5.90. The quantitative estimate of drug-likeness (QED) is 0.878. The van der Waals surface area contributed by atoms with Crippen molar-refractivity contribution in [3.63, 3.8) is 0 Å². The van der Waals surface area contributed by atoms with Crippen LogP contribution in [-0.4, -0.2) is 42.0 Å². The van der Waals surface area contributed by atoms with Crippen molar-refractivity contribution in [2.24, 2.45) is 0 Å². The van der Waals surface area contributed by atoms with Gasteiger partial charge in [0.05, 0.1) is 0 Å². The third kappa shape index (κ3) is 5.57. The van der Waals surface area contributed by atoms with Gasteiger partial charge in [-0.1, -0.05) is 0 Å². The number of piperidine rings is 1. The molecule has 1 N–H and O–H groups in total. The van der Waals surface area contributed by atoms with E-state index in [2.05, 4.69) is 22.2 Å². The number of aryl methyl sites for hydroxylation is 1. The van der Waals surface area contributed by atoms with E-state index in [1.165, 1.54) is 0 Å². The summed E-state index contributed by atoms with van der Waals surface area (Å²) >= 11 is 0. The number of likely N-dealkylation sites (tertiary alicyclic amines) is 1. The predicted octanol–water partition coefficient (Wildman–Crippen LogP) is 3.13. The highest BCUT2D eigenvalue weighted by Gasteiger charge is 2.17. The van der Waals surface area contributed by atoms with Gasteiger partial charge in [-0.25, -0.2) is 0 Å². The zero-order valence-corrected chi connectivity index (χ0v) is 14.6. The van der Waals surface area contributed by atoms with Crippen molar-refractivity contribution in [3.8, 4) is 5.75 Å². The Morgan fingerprint density at radius 2 is 1.84 bits per heavy atom. The number of carbonyl (C=O) groups is 1. The number of nitrogens with one attached hydrogen (secondary N) is 1. The molecule has 1 aromatic carbocycles. The van der Waals surface area contributed by atoms with Crippen molar-refractivity contribution < 1.29 is 9.53 Å². The third-order valence-electron chi connectivity index (χ3n) is 4.50. The molecule has 0 aliphatic carbocycles. The smallest absolute Gasteiger partial charge is 0.224 e. The number of hydrogen-bond acceptors (Lipinski definition) is 4. The van der Waals surface area contributed by atoms with Crippen LogP contribution in [0.4, 0.5) is 5.69 Å². The number of rotatable bonds is 6. The number of anilines is 1. The summed E-state index contributed by atoms with van der Waals surface area (Å²) in [5.41, 5.74) is 1.92. The Balaban J connectivity index is 1.44. The van der Waals surface area contributed by atoms with Gasteiger partial charge in [-0.2, -0.15) is 0 Å². The lowest BCUT2D eigenvalue weighted by Gasteiger charge is -2.29. The molecule has 0 bridgehead atoms. The molecule has 1 aliphatic rings. The Morgan fingerprint density at radius 3 is 2.52 bits per heavy atom. The second-order valence-electron chi connectivity index (χ2n) is 6.55. The molecular formula is C20H25N3O2. The van der Waals surface area contributed by atoms with Crippen LogP contribution in [-0.2, 0) is 11.2 Å². The summed E-state index contributed by atoms with van der Waals surface area (Å²) in [6.45, 7) is 2.16. The molecule has 1 amide bonds. The minimum Gasteiger partial charge on any atom is -0.490 e. The van der Waals surface area contributed by atoms with Crippen LogP contribution in [0.5, 0.6) is 5.75 Å². The van der Waals surface area contributed by atoms with Gasteiger partial charge in [0, 0.05) is 37.6 Å². The highest BCUT2D eigenvalue weighted by atomic mass is 16.5. The summed E-state index contributed by atoms with van der Waals surface area (Å²) in [5.74, 6) is 0.880. The Hall–Kier alpha value is -2.40. The van der Waals surface area contributed by atoms with Gasteiger partial charge in [0.15, 0.2) is 0 Å². The maximum atomic E-state index is 12.1. The lowest BCUT2D eigenvalue weighted by atomic mass is 10.1. The van der Waals surface area contributed by atoms with E-state index in [-0.39, 0.29) is 12.0 Å². The molecule has 0 saturated carbocycles. The molecule has 5 heteroatoms. The Morgan fingerprint density at radius 1 is 1.16 bits per heavy atom. The SMILES string of the molecule is CN1CCC(Oc2ccc(NC(=O)CCc3ccncc3)cc2)CC1. The molecule has 1 saturated heterocycles. The summed E-state index contributed by atoms with van der Waals surface area (Å²) in [6.07, 6.45) is 7.07. The van der Waals surface area contributed by atoms with Crippen LogP contribution in [0.15, 0.2) is 48.8 Å². The minimum absolute atomic E-state index is 0.0146. The maximum absolute atomic E-state index is 12.1. The van der Waals surface area contributed by atoms with Crippen LogP contribution in [0.2, 0.25) is 0 Å². The zero-order chi connectivity index (χ0) is 17.5. The van der Waals surface area contributed by atoms with E-state index in [0.717, 1.165) is 42.9 Å². The van der Waals surface area contributed by atoms with Crippen LogP contribution in [0.1, 0.15) is 24.8 Å². The molecule has 132 valence electrons. The number of pyridine rings is 1. The van der Waals surface area contributed by atoms with E-state index in [1.807, 2.05) is 36.4 Å². The van der Waals surface area contributed by atoms with E-state index >= 15 is 0 Å². The normalized spacial score (nSPS) is 15.7. The van der Waals surface area contributed by atoms with Crippen LogP contribution in [0, 0.1) is 0 Å². The average Bonchev–Trinajstić information content (AvgIpc) is 2.64. The number of hydrogen-bond donors (Lipinski definition) is 1. The van der Waals surface area contributed by atoms with Gasteiger partial charge in [0.1, 0.15) is 11.9 Å². The molecule has 2 heterocycles. The summed E-state index contributed by atoms with van der Waals surface area (Å²) < 4.78 is 6.02. The van der Waals surface area contributed by atoms with Gasteiger partial charge in [0.25, 0.3) is 0 Å². The molecule has 2 aromatic rings. The van der Waals surface area contributed by atoms with E-state index < -0.39 is 0 Å². The van der Waals surface area contributed by atoms with Crippen LogP contribution in [0.25, 0.3) is 0 Å². The molecule has 1 aromatic heterocycles. The highest BCUT2D eigenvalue weighted by Crippen LogP contribution is 2.21. The number of aromatic nitrogens is 1. The largest absolute Gasteiger partial charge is 0.490 e. The summed E-state index contributed by atoms with van der Waals surface area (Å²) in [6, 6.07) is 11.5. The third-order valence-corrected chi connectivity index (χ3v) is 4.50. The molecule has 0 atom stereocenters. The molecule has 25 heavy (non-hydrogen) atoms. The van der Waals surface area contributed by atoms with Gasteiger partial charge in [-0.15, -0.1) is 0 Å². The topological polar surface area (TPSA) is 54.5 Å². The van der Waals surface area contributed by atoms with Crippen molar-refractivity contribution in [3.05, 3.63) is 54.4 Å². The summed E-state index contributed by atoms with van der Waals surface area (Å²) in [7, 11) is 2.14. The lowest BCUT2D eigenvalue weighted by Crippen LogP contribution is -2.35. The molecule has 5 nitrogen and oxygen atoms in total. The Kier molecular flexibility index (Phi) is 6.01. The first kappa shape index (κ1) is 17.4. The molecule has 0 unspecified atom stereocenters. The maximum Gasteiger partial charge on any atom is 0.224 e. The fraction of sp³-hybridized carbons (Fsp3) is 0.400. The first-order chi connectivity index (χ1) is 12.2. The van der Waals surface area contributed by atoms with Crippen LogP contribution >= 0.6 is 0 Å². The zero-order valence-electron chi connectivity index (χ0n) is 14.6. The number of carbonyl (C=O) groups excluding carboxylic acids is 1. The average molecular weight is 339 g/mol. The second kappa shape index (κ2) is 8.62. The van der Waals surface area contributed by atoms with Crippen molar-refractivity contribution in [2.75, 3.05) is 25.5 Å². The number of amides is 1. The minimum atomic E-state index is 0.0146. The van der Waals surface area contributed by atoms with Crippen molar-refractivity contribution >= 4 is 11.6 Å². The van der Waals surface area contributed by atoms with Gasteiger partial charge in [-0.05, 0) is 68.3 Å². The van der Waals surface area contributed by atoms with Gasteiger partial charge < -0.3 is 15.0 Å². The summed E-state index contributed by atoms with van der Waals surface area (Å²) in [4.78, 5) is 18.4. The Labute approximate surface area is 149 Å². The molecule has 1 fully saturated rings. The van der Waals surface area contributed by atoms with Gasteiger partial charge in [0.2, 0.25) is 5.91 Å². The van der Waals surface area contributed by atoms with Gasteiger partial charge in [-0.3, -0.25) is 9.78 Å². The fourth-order valence-corrected chi connectivity index (χ4v) is 2.94. The van der Waals surface area contributed by atoms with E-state index in [9.17, 15) is 4.79 Å². The number of ether oxygens (including phenoxy) is 1. The molecule has 3 rings (SSSR count). The first-order valence-electron chi connectivity index (χ1n) is 8.83. The monoisotopic (exact) mass is 339 g/mol. The van der Waals surface area contributed by atoms with Crippen molar-refractivity contribution in [1.29, 1.82) is 0 Å². The second-order valence-corrected chi connectivity index (χ2v) is 6.55. The first-order valence-corrected chi connectivity index (χ1v) is 8.83.